The van der Waals surface area contributed by atoms with E-state index < -0.39 is 0 Å². The Hall–Kier alpha value is -3.15. The molecule has 0 saturated carbocycles. The number of ether oxygens (including phenoxy) is 1. The Morgan fingerprint density at radius 2 is 1.45 bits per heavy atom. The maximum Gasteiger partial charge on any atom is 0.260 e. The van der Waals surface area contributed by atoms with Crippen LogP contribution in [-0.4, -0.2) is 60.2 Å². The zero-order valence-electron chi connectivity index (χ0n) is 19.7. The summed E-state index contributed by atoms with van der Waals surface area (Å²) < 4.78 is 5.67. The van der Waals surface area contributed by atoms with Gasteiger partial charge in [-0.2, -0.15) is 0 Å². The molecule has 3 rings (SSSR count). The van der Waals surface area contributed by atoms with Crippen LogP contribution in [-0.2, 0) is 16.0 Å². The Morgan fingerprint density at radius 3 is 2.09 bits per heavy atom. The standard InChI is InChI=1S/C27H34N2O4/c1-3-5-22-8-12-24(13-9-22)33-20-27(32)29-17-4-16-28(18-19-29)26(31)15-14-25(30)23-10-6-21(2)7-11-23/h6-13H,3-5,14-20H2,1-2H3. The van der Waals surface area contributed by atoms with Gasteiger partial charge in [0.15, 0.2) is 12.4 Å². The van der Waals surface area contributed by atoms with Crippen LogP contribution in [0, 0.1) is 6.92 Å². The molecule has 1 fully saturated rings. The number of carbonyl (C=O) groups excluding carboxylic acids is 3. The van der Waals surface area contributed by atoms with Crippen molar-refractivity contribution in [2.24, 2.45) is 0 Å². The van der Waals surface area contributed by atoms with Gasteiger partial charge < -0.3 is 14.5 Å². The van der Waals surface area contributed by atoms with Crippen LogP contribution in [0.15, 0.2) is 48.5 Å². The van der Waals surface area contributed by atoms with Crippen molar-refractivity contribution in [2.75, 3.05) is 32.8 Å². The van der Waals surface area contributed by atoms with Crippen molar-refractivity contribution >= 4 is 17.6 Å². The smallest absolute Gasteiger partial charge is 0.260 e. The molecule has 0 radical (unpaired) electrons. The third-order valence-corrected chi connectivity index (χ3v) is 5.97. The van der Waals surface area contributed by atoms with Crippen LogP contribution in [0.1, 0.15) is 54.1 Å². The molecular formula is C27H34N2O4. The van der Waals surface area contributed by atoms with Gasteiger partial charge in [-0.3, -0.25) is 14.4 Å². The van der Waals surface area contributed by atoms with Crippen molar-refractivity contribution in [3.63, 3.8) is 0 Å². The van der Waals surface area contributed by atoms with Crippen LogP contribution in [0.5, 0.6) is 5.75 Å². The first-order valence-corrected chi connectivity index (χ1v) is 11.8. The van der Waals surface area contributed by atoms with Crippen LogP contribution in [0.4, 0.5) is 0 Å². The summed E-state index contributed by atoms with van der Waals surface area (Å²) in [6.45, 7) is 6.27. The largest absolute Gasteiger partial charge is 0.484 e. The van der Waals surface area contributed by atoms with E-state index in [1.165, 1.54) is 5.56 Å². The number of hydrogen-bond donors (Lipinski definition) is 0. The van der Waals surface area contributed by atoms with Gasteiger partial charge in [0.1, 0.15) is 5.75 Å². The van der Waals surface area contributed by atoms with E-state index in [9.17, 15) is 14.4 Å². The zero-order valence-corrected chi connectivity index (χ0v) is 19.7. The second kappa shape index (κ2) is 12.2. The molecule has 1 aliphatic heterocycles. The molecule has 1 aliphatic rings. The third-order valence-electron chi connectivity index (χ3n) is 5.97. The molecule has 6 heteroatoms. The van der Waals surface area contributed by atoms with Crippen molar-refractivity contribution in [3.8, 4) is 5.75 Å². The molecule has 176 valence electrons. The lowest BCUT2D eigenvalue weighted by molar-refractivity contribution is -0.134. The van der Waals surface area contributed by atoms with E-state index in [0.29, 0.717) is 37.5 Å². The fourth-order valence-corrected chi connectivity index (χ4v) is 3.96. The van der Waals surface area contributed by atoms with Gasteiger partial charge in [0, 0.05) is 44.6 Å². The molecule has 1 heterocycles. The quantitative estimate of drug-likeness (QED) is 0.541. The number of ketones is 1. The SMILES string of the molecule is CCCc1ccc(OCC(=O)N2CCCN(C(=O)CCC(=O)c3ccc(C)cc3)CC2)cc1. The molecule has 0 bridgehead atoms. The van der Waals surface area contributed by atoms with Crippen LogP contribution >= 0.6 is 0 Å². The van der Waals surface area contributed by atoms with Gasteiger partial charge in [-0.15, -0.1) is 0 Å². The molecule has 2 aromatic rings. The lowest BCUT2D eigenvalue weighted by atomic mass is 10.0. The monoisotopic (exact) mass is 450 g/mol. The normalized spacial score (nSPS) is 14.0. The number of benzene rings is 2. The van der Waals surface area contributed by atoms with Crippen molar-refractivity contribution in [3.05, 3.63) is 65.2 Å². The minimum absolute atomic E-state index is 0.00781. The highest BCUT2D eigenvalue weighted by Crippen LogP contribution is 2.14. The Kier molecular flexibility index (Phi) is 9.04. The van der Waals surface area contributed by atoms with Crippen molar-refractivity contribution in [2.45, 2.75) is 46.0 Å². The average Bonchev–Trinajstić information content (AvgIpc) is 3.09. The first-order chi connectivity index (χ1) is 16.0. The van der Waals surface area contributed by atoms with E-state index in [1.807, 2.05) is 43.3 Å². The lowest BCUT2D eigenvalue weighted by Crippen LogP contribution is -2.39. The number of Topliss-reactive ketones (excluding diaryl/α,β-unsaturated/α-hetero) is 1. The molecular weight excluding hydrogens is 416 g/mol. The molecule has 2 amide bonds. The maximum atomic E-state index is 12.6. The molecule has 33 heavy (non-hydrogen) atoms. The Morgan fingerprint density at radius 1 is 0.818 bits per heavy atom. The van der Waals surface area contributed by atoms with Gasteiger partial charge >= 0.3 is 0 Å². The summed E-state index contributed by atoms with van der Waals surface area (Å²) in [5, 5.41) is 0. The Bertz CT molecular complexity index is 938. The van der Waals surface area contributed by atoms with E-state index in [2.05, 4.69) is 6.92 Å². The van der Waals surface area contributed by atoms with Gasteiger partial charge in [0.2, 0.25) is 5.91 Å². The molecule has 0 unspecified atom stereocenters. The van der Waals surface area contributed by atoms with Crippen LogP contribution < -0.4 is 4.74 Å². The van der Waals surface area contributed by atoms with Crippen LogP contribution in [0.2, 0.25) is 0 Å². The summed E-state index contributed by atoms with van der Waals surface area (Å²) in [5.41, 5.74) is 3.00. The number of nitrogens with zero attached hydrogens (tertiary/aromatic N) is 2. The molecule has 0 atom stereocenters. The minimum Gasteiger partial charge on any atom is -0.484 e. The Balaban J connectivity index is 1.42. The predicted octanol–water partition coefficient (Wildman–Crippen LogP) is 4.05. The molecule has 6 nitrogen and oxygen atoms in total. The number of carbonyl (C=O) groups is 3. The highest BCUT2D eigenvalue weighted by Gasteiger charge is 2.22. The number of amides is 2. The highest BCUT2D eigenvalue weighted by atomic mass is 16.5. The van der Waals surface area contributed by atoms with Gasteiger partial charge in [-0.1, -0.05) is 55.3 Å². The zero-order chi connectivity index (χ0) is 23.6. The summed E-state index contributed by atoms with van der Waals surface area (Å²) in [4.78, 5) is 41.1. The van der Waals surface area contributed by atoms with E-state index in [0.717, 1.165) is 24.8 Å². The molecule has 0 N–H and O–H groups in total. The summed E-state index contributed by atoms with van der Waals surface area (Å²) >= 11 is 0. The Labute approximate surface area is 196 Å². The summed E-state index contributed by atoms with van der Waals surface area (Å²) in [6.07, 6.45) is 3.23. The van der Waals surface area contributed by atoms with E-state index in [1.54, 1.807) is 21.9 Å². The second-order valence-corrected chi connectivity index (χ2v) is 8.59. The fraction of sp³-hybridized carbons (Fsp3) is 0.444. The van der Waals surface area contributed by atoms with Gasteiger partial charge in [0.05, 0.1) is 0 Å². The van der Waals surface area contributed by atoms with E-state index >= 15 is 0 Å². The molecule has 1 saturated heterocycles. The van der Waals surface area contributed by atoms with Gasteiger partial charge in [0.25, 0.3) is 5.91 Å². The topological polar surface area (TPSA) is 66.9 Å². The number of aryl methyl sites for hydroxylation is 2. The van der Waals surface area contributed by atoms with Crippen molar-refractivity contribution < 1.29 is 19.1 Å². The molecule has 2 aromatic carbocycles. The average molecular weight is 451 g/mol. The van der Waals surface area contributed by atoms with E-state index in [4.69, 9.17) is 4.74 Å². The predicted molar refractivity (Wildman–Crippen MR) is 128 cm³/mol. The van der Waals surface area contributed by atoms with Crippen LogP contribution in [0.25, 0.3) is 0 Å². The fourth-order valence-electron chi connectivity index (χ4n) is 3.96. The first-order valence-electron chi connectivity index (χ1n) is 11.8. The number of rotatable bonds is 9. The highest BCUT2D eigenvalue weighted by molar-refractivity contribution is 5.98. The van der Waals surface area contributed by atoms with Crippen molar-refractivity contribution in [1.82, 2.24) is 9.80 Å². The van der Waals surface area contributed by atoms with Crippen molar-refractivity contribution in [1.29, 1.82) is 0 Å². The summed E-state index contributed by atoms with van der Waals surface area (Å²) in [7, 11) is 0. The summed E-state index contributed by atoms with van der Waals surface area (Å²) in [5.74, 6) is 0.563. The van der Waals surface area contributed by atoms with Crippen LogP contribution in [0.3, 0.4) is 0 Å². The maximum absolute atomic E-state index is 12.6. The van der Waals surface area contributed by atoms with Gasteiger partial charge in [-0.05, 0) is 37.5 Å². The third kappa shape index (κ3) is 7.45. The van der Waals surface area contributed by atoms with E-state index in [-0.39, 0.29) is 37.0 Å². The molecule has 0 spiro atoms. The molecule has 0 aliphatic carbocycles. The second-order valence-electron chi connectivity index (χ2n) is 8.59. The minimum atomic E-state index is -0.0727. The van der Waals surface area contributed by atoms with Gasteiger partial charge in [-0.25, -0.2) is 0 Å². The molecule has 0 aromatic heterocycles. The summed E-state index contributed by atoms with van der Waals surface area (Å²) in [6, 6.07) is 15.3. The lowest BCUT2D eigenvalue weighted by Gasteiger charge is -2.22. The first kappa shape index (κ1) is 24.5. The number of hydrogen-bond acceptors (Lipinski definition) is 4.